The molecule has 108 valence electrons. The second kappa shape index (κ2) is 4.82. The normalized spacial score (nSPS) is 15.8. The van der Waals surface area contributed by atoms with Crippen LogP contribution in [0.25, 0.3) is 5.57 Å². The van der Waals surface area contributed by atoms with Crippen molar-refractivity contribution in [1.82, 2.24) is 0 Å². The van der Waals surface area contributed by atoms with Crippen LogP contribution in [0.15, 0.2) is 23.8 Å². The number of carbonyl (C=O) groups excluding carboxylic acids is 1. The number of carbonyl (C=O) groups is 2. The van der Waals surface area contributed by atoms with Gasteiger partial charge in [-0.1, -0.05) is 0 Å². The molecule has 0 unspecified atom stereocenters. The van der Waals surface area contributed by atoms with Gasteiger partial charge >= 0.3 is 12.3 Å². The highest BCUT2D eigenvalue weighted by atomic mass is 19.4. The lowest BCUT2D eigenvalue weighted by molar-refractivity contribution is -0.274. The van der Waals surface area contributed by atoms with Crippen LogP contribution in [0.4, 0.5) is 18.9 Å². The zero-order valence-corrected chi connectivity index (χ0v) is 9.99. The van der Waals surface area contributed by atoms with Gasteiger partial charge in [0.1, 0.15) is 11.8 Å². The van der Waals surface area contributed by atoms with Crippen molar-refractivity contribution in [3.63, 3.8) is 0 Å². The van der Waals surface area contributed by atoms with Gasteiger partial charge in [-0.15, -0.1) is 13.2 Å². The average molecular weight is 298 g/mol. The van der Waals surface area contributed by atoms with Crippen molar-refractivity contribution >= 4 is 23.1 Å². The maximum absolute atomic E-state index is 12.2. The van der Waals surface area contributed by atoms with Crippen LogP contribution in [-0.4, -0.2) is 23.3 Å². The Morgan fingerprint density at radius 1 is 1.38 bits per heavy atom. The fraction of sp³-hybridized carbons (Fsp3) is 0.0833. The molecule has 0 bridgehead atoms. The molecule has 0 spiro atoms. The van der Waals surface area contributed by atoms with Gasteiger partial charge in [-0.05, 0) is 18.2 Å². The number of carboxylic acids is 1. The van der Waals surface area contributed by atoms with Crippen molar-refractivity contribution in [1.29, 1.82) is 5.26 Å². The smallest absolute Gasteiger partial charge is 0.477 e. The number of ether oxygens (including phenoxy) is 1. The highest BCUT2D eigenvalue weighted by Gasteiger charge is 2.34. The van der Waals surface area contributed by atoms with Crippen molar-refractivity contribution in [3.05, 3.63) is 29.3 Å². The zero-order chi connectivity index (χ0) is 15.8. The van der Waals surface area contributed by atoms with Crippen molar-refractivity contribution in [2.45, 2.75) is 6.36 Å². The highest BCUT2D eigenvalue weighted by Crippen LogP contribution is 2.37. The second-order valence-electron chi connectivity index (χ2n) is 3.88. The number of aliphatic carboxylic acids is 1. The van der Waals surface area contributed by atoms with Crippen LogP contribution < -0.4 is 10.1 Å². The summed E-state index contributed by atoms with van der Waals surface area (Å²) in [6, 6.07) is 4.27. The number of anilines is 1. The summed E-state index contributed by atoms with van der Waals surface area (Å²) < 4.78 is 40.2. The summed E-state index contributed by atoms with van der Waals surface area (Å²) >= 11 is 0. The van der Waals surface area contributed by atoms with Gasteiger partial charge in [0.25, 0.3) is 5.91 Å². The summed E-state index contributed by atoms with van der Waals surface area (Å²) in [5.41, 5.74) is -1.41. The Morgan fingerprint density at radius 3 is 2.57 bits per heavy atom. The van der Waals surface area contributed by atoms with Crippen LogP contribution in [0.1, 0.15) is 5.56 Å². The van der Waals surface area contributed by atoms with Crippen molar-refractivity contribution in [3.8, 4) is 11.8 Å². The van der Waals surface area contributed by atoms with E-state index in [1.165, 1.54) is 6.07 Å². The van der Waals surface area contributed by atoms with Crippen molar-refractivity contribution in [2.24, 2.45) is 0 Å². The molecule has 0 aliphatic carbocycles. The van der Waals surface area contributed by atoms with Gasteiger partial charge in [0.15, 0.2) is 5.57 Å². The first-order valence-corrected chi connectivity index (χ1v) is 5.32. The van der Waals surface area contributed by atoms with Crippen LogP contribution in [-0.2, 0) is 9.59 Å². The quantitative estimate of drug-likeness (QED) is 0.641. The Labute approximate surface area is 115 Å². The van der Waals surface area contributed by atoms with E-state index >= 15 is 0 Å². The fourth-order valence-electron chi connectivity index (χ4n) is 1.80. The van der Waals surface area contributed by atoms with E-state index in [1.807, 2.05) is 0 Å². The SMILES string of the molecule is N#C/C(C(=O)O)=C1/C(=O)Nc2ccc(OC(F)(F)F)cc21. The van der Waals surface area contributed by atoms with Crippen LogP contribution in [0.3, 0.4) is 0 Å². The van der Waals surface area contributed by atoms with E-state index in [-0.39, 0.29) is 11.3 Å². The molecule has 0 radical (unpaired) electrons. The molecule has 0 saturated heterocycles. The number of alkyl halides is 3. The van der Waals surface area contributed by atoms with Gasteiger partial charge in [0, 0.05) is 11.3 Å². The molecule has 21 heavy (non-hydrogen) atoms. The number of nitrogens with one attached hydrogen (secondary N) is 1. The minimum absolute atomic E-state index is 0.0959. The first kappa shape index (κ1) is 14.4. The van der Waals surface area contributed by atoms with E-state index in [2.05, 4.69) is 10.1 Å². The molecule has 0 fully saturated rings. The van der Waals surface area contributed by atoms with Crippen LogP contribution in [0, 0.1) is 11.3 Å². The maximum Gasteiger partial charge on any atom is 0.573 e. The lowest BCUT2D eigenvalue weighted by Crippen LogP contribution is -2.17. The van der Waals surface area contributed by atoms with E-state index in [0.29, 0.717) is 0 Å². The van der Waals surface area contributed by atoms with Crippen LogP contribution in [0.5, 0.6) is 5.75 Å². The number of fused-ring (bicyclic) bond motifs is 1. The standard InChI is InChI=1S/C12H5F3N2O4/c13-12(14,15)21-5-1-2-8-6(3-5)9(10(18)17-8)7(4-16)11(19)20/h1-3H,(H,17,18)(H,19,20)/b9-7-. The maximum atomic E-state index is 12.2. The first-order valence-electron chi connectivity index (χ1n) is 5.32. The van der Waals surface area contributed by atoms with Crippen LogP contribution in [0.2, 0.25) is 0 Å². The third kappa shape index (κ3) is 2.79. The molecule has 1 heterocycles. The van der Waals surface area contributed by atoms with E-state index in [1.54, 1.807) is 0 Å². The molecule has 1 amide bonds. The summed E-state index contributed by atoms with van der Waals surface area (Å²) in [6.07, 6.45) is -4.93. The molecule has 9 heteroatoms. The summed E-state index contributed by atoms with van der Waals surface area (Å²) in [4.78, 5) is 22.6. The zero-order valence-electron chi connectivity index (χ0n) is 9.99. The summed E-state index contributed by atoms with van der Waals surface area (Å²) in [6.45, 7) is 0. The third-order valence-electron chi connectivity index (χ3n) is 2.54. The largest absolute Gasteiger partial charge is 0.573 e. The number of hydrogen-bond acceptors (Lipinski definition) is 4. The lowest BCUT2D eigenvalue weighted by atomic mass is 10.0. The Hall–Kier alpha value is -3.02. The topological polar surface area (TPSA) is 99.4 Å². The van der Waals surface area contributed by atoms with E-state index < -0.39 is 35.1 Å². The molecule has 1 aliphatic heterocycles. The Morgan fingerprint density at radius 2 is 2.05 bits per heavy atom. The first-order chi connectivity index (χ1) is 9.73. The predicted molar refractivity (Wildman–Crippen MR) is 61.9 cm³/mol. The Bertz CT molecular complexity index is 716. The molecule has 0 aromatic heterocycles. The molecule has 2 N–H and O–H groups in total. The van der Waals surface area contributed by atoms with Gasteiger partial charge in [-0.25, -0.2) is 4.79 Å². The second-order valence-corrected chi connectivity index (χ2v) is 3.88. The number of nitriles is 1. The lowest BCUT2D eigenvalue weighted by Gasteiger charge is -2.09. The molecular formula is C12H5F3N2O4. The minimum Gasteiger partial charge on any atom is -0.477 e. The van der Waals surface area contributed by atoms with E-state index in [9.17, 15) is 22.8 Å². The average Bonchev–Trinajstić information content (AvgIpc) is 2.65. The molecule has 0 saturated carbocycles. The molecule has 1 aliphatic rings. The third-order valence-corrected chi connectivity index (χ3v) is 2.54. The predicted octanol–water partition coefficient (Wildman–Crippen LogP) is 1.90. The minimum atomic E-state index is -4.93. The van der Waals surface area contributed by atoms with Gasteiger partial charge in [-0.2, -0.15) is 5.26 Å². The van der Waals surface area contributed by atoms with Gasteiger partial charge in [0.2, 0.25) is 0 Å². The monoisotopic (exact) mass is 298 g/mol. The fourth-order valence-corrected chi connectivity index (χ4v) is 1.80. The van der Waals surface area contributed by atoms with Crippen molar-refractivity contribution < 1.29 is 32.6 Å². The number of hydrogen-bond donors (Lipinski definition) is 2. The number of rotatable bonds is 2. The number of nitrogens with zero attached hydrogens (tertiary/aromatic N) is 1. The molecule has 1 aromatic rings. The molecule has 0 atom stereocenters. The molecule has 6 nitrogen and oxygen atoms in total. The van der Waals surface area contributed by atoms with Gasteiger partial charge in [-0.3, -0.25) is 4.79 Å². The number of amides is 1. The summed E-state index contributed by atoms with van der Waals surface area (Å²) in [5.74, 6) is -3.16. The van der Waals surface area contributed by atoms with E-state index in [0.717, 1.165) is 18.2 Å². The summed E-state index contributed by atoms with van der Waals surface area (Å²) in [7, 11) is 0. The summed E-state index contributed by atoms with van der Waals surface area (Å²) in [5, 5.41) is 19.9. The number of halogens is 3. The number of benzene rings is 1. The Kier molecular flexibility index (Phi) is 3.31. The van der Waals surface area contributed by atoms with Crippen LogP contribution >= 0.6 is 0 Å². The van der Waals surface area contributed by atoms with Crippen molar-refractivity contribution in [2.75, 3.05) is 5.32 Å². The Balaban J connectivity index is 2.58. The molecule has 1 aromatic carbocycles. The molecular weight excluding hydrogens is 293 g/mol. The van der Waals surface area contributed by atoms with E-state index in [4.69, 9.17) is 10.4 Å². The van der Waals surface area contributed by atoms with Gasteiger partial charge in [0.05, 0.1) is 5.57 Å². The van der Waals surface area contributed by atoms with Gasteiger partial charge < -0.3 is 15.2 Å². The highest BCUT2D eigenvalue weighted by molar-refractivity contribution is 6.35. The molecule has 2 rings (SSSR count). The number of carboxylic acid groups (broad SMARTS) is 1.